The molecule has 0 saturated carbocycles. The van der Waals surface area contributed by atoms with Crippen molar-refractivity contribution in [2.24, 2.45) is 11.7 Å². The van der Waals surface area contributed by atoms with Crippen LogP contribution in [0.15, 0.2) is 36.5 Å². The summed E-state index contributed by atoms with van der Waals surface area (Å²) in [6.45, 7) is 7.09. The predicted molar refractivity (Wildman–Crippen MR) is 108 cm³/mol. The monoisotopic (exact) mass is 425 g/mol. The molecule has 1 heterocycles. The third kappa shape index (κ3) is 7.22. The molecule has 1 atom stereocenters. The van der Waals surface area contributed by atoms with E-state index in [9.17, 15) is 18.0 Å². The van der Waals surface area contributed by atoms with E-state index in [1.165, 1.54) is 31.3 Å². The van der Waals surface area contributed by atoms with Gasteiger partial charge in [0.15, 0.2) is 11.5 Å². The molecule has 9 heteroatoms. The number of para-hydroxylation sites is 1. The highest BCUT2D eigenvalue weighted by Gasteiger charge is 2.33. The second-order valence-corrected chi connectivity index (χ2v) is 7.83. The number of alkyl halides is 3. The highest BCUT2D eigenvalue weighted by molar-refractivity contribution is 5.88. The first-order valence-corrected chi connectivity index (χ1v) is 9.41. The maximum atomic E-state index is 12.9. The predicted octanol–water partition coefficient (Wildman–Crippen LogP) is 4.75. The molecule has 0 radical (unpaired) electrons. The molecule has 6 nitrogen and oxygen atoms in total. The minimum Gasteiger partial charge on any atom is -0.487 e. The van der Waals surface area contributed by atoms with E-state index in [1.54, 1.807) is 19.1 Å². The summed E-state index contributed by atoms with van der Waals surface area (Å²) >= 11 is 0. The lowest BCUT2D eigenvalue weighted by Gasteiger charge is -2.28. The average molecular weight is 425 g/mol. The van der Waals surface area contributed by atoms with Crippen molar-refractivity contribution in [2.75, 3.05) is 11.9 Å². The van der Waals surface area contributed by atoms with Crippen LogP contribution in [0.4, 0.5) is 19.0 Å². The molecule has 0 bridgehead atoms. The van der Waals surface area contributed by atoms with Crippen molar-refractivity contribution in [3.05, 3.63) is 36.5 Å². The molecule has 1 unspecified atom stereocenters. The zero-order chi connectivity index (χ0) is 22.5. The van der Waals surface area contributed by atoms with Crippen LogP contribution in [-0.2, 0) is 4.79 Å². The molecule has 0 aliphatic carbocycles. The smallest absolute Gasteiger partial charge is 0.487 e. The van der Waals surface area contributed by atoms with Crippen LogP contribution in [-0.4, -0.2) is 29.4 Å². The van der Waals surface area contributed by atoms with Crippen molar-refractivity contribution in [3.8, 4) is 22.6 Å². The Labute approximate surface area is 173 Å². The van der Waals surface area contributed by atoms with Gasteiger partial charge in [-0.1, -0.05) is 26.0 Å². The topological polar surface area (TPSA) is 86.5 Å². The van der Waals surface area contributed by atoms with E-state index in [0.717, 1.165) is 0 Å². The van der Waals surface area contributed by atoms with Gasteiger partial charge in [0.1, 0.15) is 12.4 Å². The van der Waals surface area contributed by atoms with E-state index in [1.807, 2.05) is 13.8 Å². The minimum absolute atomic E-state index is 0.0138. The molecular formula is C21H26F3N3O3. The largest absolute Gasteiger partial charge is 0.573 e. The number of carbonyl (C=O) groups excluding carboxylic acids is 1. The summed E-state index contributed by atoms with van der Waals surface area (Å²) in [7, 11) is 0. The minimum atomic E-state index is -4.89. The standard InChI is InChI=1S/C21H26F3N3O3/c1-13(2)11-20(4,25)12-29-19-16(6-5-7-17(19)30-21(22,23)24)15-8-9-26-18(10-15)27-14(3)28/h5-10,13H,11-12,25H2,1-4H3,(H,26,27,28). The number of anilines is 1. The van der Waals surface area contributed by atoms with E-state index in [0.29, 0.717) is 17.5 Å². The van der Waals surface area contributed by atoms with Crippen molar-refractivity contribution < 1.29 is 27.4 Å². The number of amides is 1. The quantitative estimate of drug-likeness (QED) is 0.638. The number of aromatic nitrogens is 1. The summed E-state index contributed by atoms with van der Waals surface area (Å²) in [6.07, 6.45) is -2.83. The van der Waals surface area contributed by atoms with Crippen LogP contribution in [0.3, 0.4) is 0 Å². The van der Waals surface area contributed by atoms with Gasteiger partial charge in [-0.05, 0) is 43.0 Å². The van der Waals surface area contributed by atoms with E-state index in [2.05, 4.69) is 15.0 Å². The van der Waals surface area contributed by atoms with E-state index < -0.39 is 17.7 Å². The number of rotatable bonds is 8. The third-order valence-electron chi connectivity index (χ3n) is 4.00. The molecule has 0 fully saturated rings. The van der Waals surface area contributed by atoms with Crippen LogP contribution < -0.4 is 20.5 Å². The second kappa shape index (κ2) is 9.34. The second-order valence-electron chi connectivity index (χ2n) is 7.83. The molecule has 0 spiro atoms. The summed E-state index contributed by atoms with van der Waals surface area (Å²) in [5.41, 5.74) is 6.36. The fourth-order valence-corrected chi connectivity index (χ4v) is 3.17. The molecular weight excluding hydrogens is 399 g/mol. The summed E-state index contributed by atoms with van der Waals surface area (Å²) in [4.78, 5) is 15.3. The van der Waals surface area contributed by atoms with Crippen molar-refractivity contribution >= 4 is 11.7 Å². The molecule has 2 aromatic rings. The molecule has 2 rings (SSSR count). The molecule has 0 saturated heterocycles. The number of nitrogens with zero attached hydrogens (tertiary/aromatic N) is 1. The van der Waals surface area contributed by atoms with Gasteiger partial charge in [-0.2, -0.15) is 0 Å². The van der Waals surface area contributed by atoms with Crippen LogP contribution in [0.5, 0.6) is 11.5 Å². The Morgan fingerprint density at radius 1 is 1.27 bits per heavy atom. The van der Waals surface area contributed by atoms with Gasteiger partial charge >= 0.3 is 6.36 Å². The zero-order valence-corrected chi connectivity index (χ0v) is 17.3. The highest BCUT2D eigenvalue weighted by atomic mass is 19.4. The normalized spacial score (nSPS) is 13.6. The van der Waals surface area contributed by atoms with Crippen LogP contribution in [0, 0.1) is 5.92 Å². The molecule has 0 aliphatic rings. The van der Waals surface area contributed by atoms with Crippen molar-refractivity contribution in [1.29, 1.82) is 0 Å². The van der Waals surface area contributed by atoms with Crippen molar-refractivity contribution in [1.82, 2.24) is 4.98 Å². The summed E-state index contributed by atoms with van der Waals surface area (Å²) in [5, 5.41) is 2.54. The van der Waals surface area contributed by atoms with Gasteiger partial charge in [-0.3, -0.25) is 4.79 Å². The number of halogens is 3. The van der Waals surface area contributed by atoms with Gasteiger partial charge in [-0.25, -0.2) is 4.98 Å². The zero-order valence-electron chi connectivity index (χ0n) is 17.3. The molecule has 1 aromatic carbocycles. The molecule has 1 aromatic heterocycles. The Kier molecular flexibility index (Phi) is 7.30. The Balaban J connectivity index is 2.47. The molecule has 164 valence electrons. The van der Waals surface area contributed by atoms with Crippen molar-refractivity contribution in [3.63, 3.8) is 0 Å². The van der Waals surface area contributed by atoms with Crippen LogP contribution in [0.1, 0.15) is 34.1 Å². The first-order chi connectivity index (χ1) is 13.9. The van der Waals surface area contributed by atoms with Gasteiger partial charge in [0.05, 0.1) is 0 Å². The summed E-state index contributed by atoms with van der Waals surface area (Å²) in [5.74, 6) is -0.340. The average Bonchev–Trinajstić information content (AvgIpc) is 2.57. The Morgan fingerprint density at radius 2 is 1.97 bits per heavy atom. The van der Waals surface area contributed by atoms with Gasteiger partial charge in [-0.15, -0.1) is 13.2 Å². The Bertz CT molecular complexity index is 883. The van der Waals surface area contributed by atoms with E-state index in [-0.39, 0.29) is 30.0 Å². The molecule has 3 N–H and O–H groups in total. The lowest BCUT2D eigenvalue weighted by molar-refractivity contribution is -0.275. The van der Waals surface area contributed by atoms with Gasteiger partial charge in [0.2, 0.25) is 5.91 Å². The third-order valence-corrected chi connectivity index (χ3v) is 4.00. The SMILES string of the molecule is CC(=O)Nc1cc(-c2cccc(OC(F)(F)F)c2OCC(C)(N)CC(C)C)ccn1. The van der Waals surface area contributed by atoms with Gasteiger partial charge < -0.3 is 20.5 Å². The van der Waals surface area contributed by atoms with Crippen LogP contribution >= 0.6 is 0 Å². The Hall–Kier alpha value is -2.81. The number of benzene rings is 1. The van der Waals surface area contributed by atoms with E-state index >= 15 is 0 Å². The summed E-state index contributed by atoms with van der Waals surface area (Å²) < 4.78 is 48.8. The van der Waals surface area contributed by atoms with Crippen LogP contribution in [0.25, 0.3) is 11.1 Å². The molecule has 30 heavy (non-hydrogen) atoms. The number of carbonyl (C=O) groups is 1. The maximum absolute atomic E-state index is 12.9. The number of nitrogens with two attached hydrogens (primary N) is 1. The lowest BCUT2D eigenvalue weighted by atomic mass is 9.93. The fraction of sp³-hybridized carbons (Fsp3) is 0.429. The fourth-order valence-electron chi connectivity index (χ4n) is 3.17. The first-order valence-electron chi connectivity index (χ1n) is 9.41. The lowest BCUT2D eigenvalue weighted by Crippen LogP contribution is -2.43. The molecule has 0 aliphatic heterocycles. The van der Waals surface area contributed by atoms with Gasteiger partial charge in [0.25, 0.3) is 0 Å². The number of pyridine rings is 1. The summed E-state index contributed by atoms with van der Waals surface area (Å²) in [6, 6.07) is 7.34. The first kappa shape index (κ1) is 23.5. The number of nitrogens with one attached hydrogen (secondary N) is 1. The van der Waals surface area contributed by atoms with E-state index in [4.69, 9.17) is 10.5 Å². The maximum Gasteiger partial charge on any atom is 0.573 e. The number of hydrogen-bond donors (Lipinski definition) is 2. The molecule has 1 amide bonds. The van der Waals surface area contributed by atoms with Crippen molar-refractivity contribution in [2.45, 2.75) is 46.0 Å². The Morgan fingerprint density at radius 3 is 2.57 bits per heavy atom. The van der Waals surface area contributed by atoms with Gasteiger partial charge in [0, 0.05) is 24.2 Å². The highest BCUT2D eigenvalue weighted by Crippen LogP contribution is 2.41. The van der Waals surface area contributed by atoms with Crippen LogP contribution in [0.2, 0.25) is 0 Å². The number of hydrogen-bond acceptors (Lipinski definition) is 5. The number of ether oxygens (including phenoxy) is 2.